The molecule has 3 nitrogen and oxygen atoms in total. The summed E-state index contributed by atoms with van der Waals surface area (Å²) in [4.78, 5) is 17.3. The molecule has 1 aliphatic rings. The fraction of sp³-hybridized carbons (Fsp3) is 0.400. The van der Waals surface area contributed by atoms with Crippen molar-refractivity contribution < 1.29 is 4.79 Å². The Balaban J connectivity index is 1.85. The number of aryl methyl sites for hydroxylation is 1. The molecule has 1 aromatic carbocycles. The average molecular weight is 242 g/mol. The van der Waals surface area contributed by atoms with Crippen LogP contribution in [0.25, 0.3) is 10.9 Å². The Hall–Kier alpha value is -1.77. The summed E-state index contributed by atoms with van der Waals surface area (Å²) in [6, 6.07) is 6.79. The van der Waals surface area contributed by atoms with E-state index in [9.17, 15) is 4.79 Å². The van der Waals surface area contributed by atoms with E-state index >= 15 is 0 Å². The molecule has 0 saturated heterocycles. The van der Waals surface area contributed by atoms with Crippen molar-refractivity contribution in [2.75, 3.05) is 7.05 Å². The lowest BCUT2D eigenvalue weighted by Crippen LogP contribution is -2.30. The molecule has 1 aliphatic carbocycles. The number of benzene rings is 1. The molecule has 0 spiro atoms. The zero-order valence-electron chi connectivity index (χ0n) is 10.9. The number of hydrogen-bond acceptors (Lipinski definition) is 1. The summed E-state index contributed by atoms with van der Waals surface area (Å²) >= 11 is 0. The molecule has 3 rings (SSSR count). The van der Waals surface area contributed by atoms with Gasteiger partial charge in [-0.05, 0) is 37.5 Å². The zero-order valence-corrected chi connectivity index (χ0v) is 10.9. The second kappa shape index (κ2) is 4.16. The first kappa shape index (κ1) is 11.3. The number of fused-ring (bicyclic) bond motifs is 1. The Morgan fingerprint density at radius 2 is 2.22 bits per heavy atom. The van der Waals surface area contributed by atoms with Crippen molar-refractivity contribution in [1.82, 2.24) is 9.88 Å². The number of amides is 1. The van der Waals surface area contributed by atoms with E-state index in [1.54, 1.807) is 0 Å². The maximum atomic E-state index is 12.1. The van der Waals surface area contributed by atoms with Crippen LogP contribution in [0.1, 0.15) is 24.0 Å². The van der Waals surface area contributed by atoms with Crippen LogP contribution in [0.15, 0.2) is 24.4 Å². The van der Waals surface area contributed by atoms with Gasteiger partial charge in [-0.2, -0.15) is 0 Å². The molecule has 0 bridgehead atoms. The fourth-order valence-electron chi connectivity index (χ4n) is 2.39. The van der Waals surface area contributed by atoms with Crippen molar-refractivity contribution in [3.63, 3.8) is 0 Å². The van der Waals surface area contributed by atoms with E-state index in [0.717, 1.165) is 23.9 Å². The lowest BCUT2D eigenvalue weighted by molar-refractivity contribution is -0.129. The van der Waals surface area contributed by atoms with Gasteiger partial charge in [0.1, 0.15) is 0 Å². The zero-order chi connectivity index (χ0) is 12.7. The minimum atomic E-state index is 0.222. The second-order valence-electron chi connectivity index (χ2n) is 5.28. The first-order valence-corrected chi connectivity index (χ1v) is 6.47. The number of aromatic amines is 1. The highest BCUT2D eigenvalue weighted by molar-refractivity contribution is 5.89. The predicted octanol–water partition coefficient (Wildman–Crippen LogP) is 2.64. The summed E-state index contributed by atoms with van der Waals surface area (Å²) in [6.45, 7) is 2.08. The summed E-state index contributed by atoms with van der Waals surface area (Å²) in [5, 5.41) is 1.17. The van der Waals surface area contributed by atoms with Crippen LogP contribution in [0.3, 0.4) is 0 Å². The minimum absolute atomic E-state index is 0.222. The smallest absolute Gasteiger partial charge is 0.227 e. The van der Waals surface area contributed by atoms with Crippen molar-refractivity contribution in [3.05, 3.63) is 35.5 Å². The van der Waals surface area contributed by atoms with Gasteiger partial charge < -0.3 is 9.88 Å². The van der Waals surface area contributed by atoms with Gasteiger partial charge >= 0.3 is 0 Å². The summed E-state index contributed by atoms with van der Waals surface area (Å²) in [7, 11) is 1.92. The number of hydrogen-bond donors (Lipinski definition) is 1. The molecule has 0 aliphatic heterocycles. The maximum absolute atomic E-state index is 12.1. The molecule has 3 heteroatoms. The molecule has 18 heavy (non-hydrogen) atoms. The molecule has 1 saturated carbocycles. The van der Waals surface area contributed by atoms with E-state index in [2.05, 4.69) is 30.1 Å². The van der Waals surface area contributed by atoms with Crippen LogP contribution < -0.4 is 0 Å². The molecule has 0 atom stereocenters. The highest BCUT2D eigenvalue weighted by atomic mass is 16.2. The maximum Gasteiger partial charge on any atom is 0.227 e. The third kappa shape index (κ3) is 2.01. The van der Waals surface area contributed by atoms with Crippen LogP contribution in [0.2, 0.25) is 0 Å². The lowest BCUT2D eigenvalue weighted by Gasteiger charge is -2.15. The normalized spacial score (nSPS) is 15.0. The van der Waals surface area contributed by atoms with Crippen LogP contribution in [0.5, 0.6) is 0 Å². The number of rotatable bonds is 3. The molecule has 1 fully saturated rings. The van der Waals surface area contributed by atoms with Gasteiger partial charge in [0, 0.05) is 30.2 Å². The Labute approximate surface area is 107 Å². The molecule has 94 valence electrons. The first-order chi connectivity index (χ1) is 8.65. The van der Waals surface area contributed by atoms with Crippen molar-refractivity contribution in [2.24, 2.45) is 0 Å². The summed E-state index contributed by atoms with van der Waals surface area (Å²) in [5.74, 6) is 0.222. The molecule has 1 amide bonds. The molecule has 0 radical (unpaired) electrons. The van der Waals surface area contributed by atoms with Crippen molar-refractivity contribution >= 4 is 16.8 Å². The Morgan fingerprint density at radius 3 is 2.94 bits per heavy atom. The predicted molar refractivity (Wildman–Crippen MR) is 72.5 cm³/mol. The summed E-state index contributed by atoms with van der Waals surface area (Å²) in [5.41, 5.74) is 3.44. The topological polar surface area (TPSA) is 36.1 Å². The standard InChI is InChI=1S/C15H18N2O/c1-10-3-6-14-13(7-10)11(9-16-14)8-15(18)17(2)12-4-5-12/h3,6-7,9,12,16H,4-5,8H2,1-2H3. The number of likely N-dealkylation sites (N-methyl/N-ethyl adjacent to an activating group) is 1. The van der Waals surface area contributed by atoms with Crippen molar-refractivity contribution in [3.8, 4) is 0 Å². The quantitative estimate of drug-likeness (QED) is 0.882. The van der Waals surface area contributed by atoms with Crippen molar-refractivity contribution in [2.45, 2.75) is 32.2 Å². The molecular weight excluding hydrogens is 224 g/mol. The van der Waals surface area contributed by atoms with Gasteiger partial charge in [-0.1, -0.05) is 11.6 Å². The number of H-pyrrole nitrogens is 1. The Morgan fingerprint density at radius 1 is 1.44 bits per heavy atom. The van der Waals surface area contributed by atoms with Crippen LogP contribution in [-0.2, 0) is 11.2 Å². The van der Waals surface area contributed by atoms with Crippen LogP contribution >= 0.6 is 0 Å². The van der Waals surface area contributed by atoms with E-state index in [0.29, 0.717) is 12.5 Å². The highest BCUT2D eigenvalue weighted by Crippen LogP contribution is 2.27. The largest absolute Gasteiger partial charge is 0.361 e. The monoisotopic (exact) mass is 242 g/mol. The minimum Gasteiger partial charge on any atom is -0.361 e. The summed E-state index contributed by atoms with van der Waals surface area (Å²) < 4.78 is 0. The SMILES string of the molecule is Cc1ccc2[nH]cc(CC(=O)N(C)C3CC3)c2c1. The second-order valence-corrected chi connectivity index (χ2v) is 5.28. The van der Waals surface area contributed by atoms with Crippen LogP contribution in [-0.4, -0.2) is 28.9 Å². The van der Waals surface area contributed by atoms with E-state index in [1.165, 1.54) is 10.9 Å². The summed E-state index contributed by atoms with van der Waals surface area (Å²) in [6.07, 6.45) is 4.78. The third-order valence-electron chi connectivity index (χ3n) is 3.75. The number of nitrogens with one attached hydrogen (secondary N) is 1. The van der Waals surface area contributed by atoms with Gasteiger partial charge in [0.2, 0.25) is 5.91 Å². The molecule has 1 aromatic heterocycles. The third-order valence-corrected chi connectivity index (χ3v) is 3.75. The lowest BCUT2D eigenvalue weighted by atomic mass is 10.1. The van der Waals surface area contributed by atoms with E-state index in [-0.39, 0.29) is 5.91 Å². The number of aromatic nitrogens is 1. The van der Waals surface area contributed by atoms with E-state index in [4.69, 9.17) is 0 Å². The molecule has 0 unspecified atom stereocenters. The van der Waals surface area contributed by atoms with Gasteiger partial charge in [-0.25, -0.2) is 0 Å². The van der Waals surface area contributed by atoms with E-state index in [1.807, 2.05) is 18.1 Å². The van der Waals surface area contributed by atoms with Gasteiger partial charge in [-0.15, -0.1) is 0 Å². The van der Waals surface area contributed by atoms with Gasteiger partial charge in [0.25, 0.3) is 0 Å². The number of carbonyl (C=O) groups is 1. The Kier molecular flexibility index (Phi) is 2.62. The van der Waals surface area contributed by atoms with Crippen molar-refractivity contribution in [1.29, 1.82) is 0 Å². The molecular formula is C15H18N2O. The molecule has 1 N–H and O–H groups in total. The van der Waals surface area contributed by atoms with Gasteiger partial charge in [0.15, 0.2) is 0 Å². The number of carbonyl (C=O) groups excluding carboxylic acids is 1. The fourth-order valence-corrected chi connectivity index (χ4v) is 2.39. The molecule has 2 aromatic rings. The van der Waals surface area contributed by atoms with Gasteiger partial charge in [0.05, 0.1) is 6.42 Å². The van der Waals surface area contributed by atoms with Crippen LogP contribution in [0, 0.1) is 6.92 Å². The number of nitrogens with zero attached hydrogens (tertiary/aromatic N) is 1. The van der Waals surface area contributed by atoms with E-state index < -0.39 is 0 Å². The highest BCUT2D eigenvalue weighted by Gasteiger charge is 2.29. The van der Waals surface area contributed by atoms with Gasteiger partial charge in [-0.3, -0.25) is 4.79 Å². The Bertz CT molecular complexity index is 596. The molecule has 1 heterocycles. The first-order valence-electron chi connectivity index (χ1n) is 6.47. The van der Waals surface area contributed by atoms with Crippen LogP contribution in [0.4, 0.5) is 0 Å². The average Bonchev–Trinajstić information content (AvgIpc) is 3.13.